The van der Waals surface area contributed by atoms with Crippen LogP contribution < -0.4 is 104 Å². The first-order chi connectivity index (χ1) is 5.73. The Morgan fingerprint density at radius 1 is 0.941 bits per heavy atom. The van der Waals surface area contributed by atoms with Gasteiger partial charge in [0.15, 0.2) is 0 Å². The first kappa shape index (κ1) is 36.6. The first-order valence-corrected chi connectivity index (χ1v) is 5.59. The van der Waals surface area contributed by atoms with Gasteiger partial charge in [-0.1, -0.05) is 0 Å². The summed E-state index contributed by atoms with van der Waals surface area (Å²) < 4.78 is 8.77. The van der Waals surface area contributed by atoms with Gasteiger partial charge in [0.05, 0.1) is 0 Å². The number of carbonyl (C=O) groups excluding carboxylic acids is 1. The van der Waals surface area contributed by atoms with Gasteiger partial charge in [0.1, 0.15) is 0 Å². The van der Waals surface area contributed by atoms with Gasteiger partial charge in [0, 0.05) is 0 Å². The molecule has 11 nitrogen and oxygen atoms in total. The third-order valence-electron chi connectivity index (χ3n) is 0. The number of carbonyl (C=O) groups is 1. The summed E-state index contributed by atoms with van der Waals surface area (Å²) in [5, 5.41) is 16.7. The van der Waals surface area contributed by atoms with E-state index in [1.54, 1.807) is 0 Å². The molecular formula is CH6Na3O11PSi. The Morgan fingerprint density at radius 3 is 0.941 bits per heavy atom. The van der Waals surface area contributed by atoms with Crippen molar-refractivity contribution in [3.8, 4) is 0 Å². The minimum absolute atomic E-state index is 0. The molecule has 0 fully saturated rings. The molecule has 0 radical (unpaired) electrons. The summed E-state index contributed by atoms with van der Waals surface area (Å²) in [6.07, 6.45) is -2.33. The van der Waals surface area contributed by atoms with E-state index in [2.05, 4.69) is 0 Å². The third kappa shape index (κ3) is 839. The second-order valence-electron chi connectivity index (χ2n) is 1.34. The Bertz CT molecular complexity index is 179. The Morgan fingerprint density at radius 2 is 0.941 bits per heavy atom. The maximum absolute atomic E-state index is 8.77. The van der Waals surface area contributed by atoms with Crippen LogP contribution in [0.25, 0.3) is 0 Å². The van der Waals surface area contributed by atoms with Crippen LogP contribution in [0.1, 0.15) is 0 Å². The van der Waals surface area contributed by atoms with E-state index in [1.165, 1.54) is 0 Å². The van der Waals surface area contributed by atoms with Gasteiger partial charge in [-0.3, -0.25) is 4.57 Å². The topological polar surface area (TPSA) is 225 Å². The molecule has 0 saturated carbocycles. The van der Waals surface area contributed by atoms with Gasteiger partial charge in [0.25, 0.3) is 7.82 Å². The zero-order valence-corrected chi connectivity index (χ0v) is 17.1. The molecule has 16 heteroatoms. The minimum Gasteiger partial charge on any atom is -0.756 e. The molecule has 0 spiro atoms. The molecule has 0 bridgehead atoms. The zero-order valence-electron chi connectivity index (χ0n) is 9.17. The van der Waals surface area contributed by atoms with Crippen LogP contribution in [-0.4, -0.2) is 44.2 Å². The molecule has 88 valence electrons. The zero-order chi connectivity index (χ0) is 12.6. The van der Waals surface area contributed by atoms with Crippen molar-refractivity contribution < 1.29 is 142 Å². The monoisotopic (exact) mass is 322 g/mol. The van der Waals surface area contributed by atoms with Gasteiger partial charge in [-0.2, -0.15) is 0 Å². The van der Waals surface area contributed by atoms with E-state index in [-0.39, 0.29) is 88.7 Å². The normalized spacial score (nSPS) is 8.41. The van der Waals surface area contributed by atoms with Crippen LogP contribution in [0.3, 0.4) is 0 Å². The SMILES string of the molecule is O=C([O-])[O-].O=P([O-])(O)O.O[Si](O)(O)O.[Na+].[Na+].[Na+]. The van der Waals surface area contributed by atoms with E-state index < -0.39 is 23.0 Å². The van der Waals surface area contributed by atoms with Gasteiger partial charge < -0.3 is 48.9 Å². The van der Waals surface area contributed by atoms with Gasteiger partial charge in [-0.25, -0.2) is 0 Å². The number of hydrogen-bond acceptors (Lipinski definition) is 9. The predicted octanol–water partition coefficient (Wildman–Crippen LogP) is -15.6. The van der Waals surface area contributed by atoms with Crippen molar-refractivity contribution in [2.45, 2.75) is 0 Å². The Hall–Kier alpha value is 2.44. The van der Waals surface area contributed by atoms with Crippen molar-refractivity contribution in [2.75, 3.05) is 0 Å². The van der Waals surface area contributed by atoms with Crippen LogP contribution in [-0.2, 0) is 4.57 Å². The molecule has 0 aromatic rings. The molecule has 0 amide bonds. The molecule has 0 unspecified atom stereocenters. The fourth-order valence-electron chi connectivity index (χ4n) is 0. The standard InChI is InChI=1S/CH2O3.3Na.H3O4P.H4O4Si/c2-1(3)4;;;;2*1-5(2,3)4/h(H2,2,3,4);;;;(H3,1,2,3,4);1-4H/q;3*+1;;/p-3. The van der Waals surface area contributed by atoms with Crippen LogP contribution in [0.4, 0.5) is 4.79 Å². The summed E-state index contributed by atoms with van der Waals surface area (Å²) in [5.74, 6) is 0. The first-order valence-electron chi connectivity index (χ1n) is 2.27. The molecule has 0 aromatic heterocycles. The Balaban J connectivity index is -0.0000000247. The van der Waals surface area contributed by atoms with Gasteiger partial charge in [0.2, 0.25) is 0 Å². The Kier molecular flexibility index (Phi) is 39.7. The van der Waals surface area contributed by atoms with Crippen molar-refractivity contribution >= 4 is 23.0 Å². The van der Waals surface area contributed by atoms with Gasteiger partial charge >= 0.3 is 97.7 Å². The summed E-state index contributed by atoms with van der Waals surface area (Å²) in [7, 11) is -9.50. The maximum Gasteiger partial charge on any atom is 1.00 e. The molecule has 0 aliphatic heterocycles. The van der Waals surface area contributed by atoms with Crippen LogP contribution in [0.2, 0.25) is 0 Å². The quantitative estimate of drug-likeness (QED) is 0.181. The van der Waals surface area contributed by atoms with E-state index in [0.717, 1.165) is 0 Å². The summed E-state index contributed by atoms with van der Waals surface area (Å²) >= 11 is 0. The second-order valence-corrected chi connectivity index (χ2v) is 3.52. The van der Waals surface area contributed by atoms with E-state index in [4.69, 9.17) is 53.4 Å². The van der Waals surface area contributed by atoms with Crippen LogP contribution in [0, 0.1) is 0 Å². The number of carboxylic acid groups (broad SMARTS) is 2. The van der Waals surface area contributed by atoms with Crippen molar-refractivity contribution in [3.63, 3.8) is 0 Å². The molecule has 0 rings (SSSR count). The predicted molar refractivity (Wildman–Crippen MR) is 32.1 cm³/mol. The Labute approximate surface area is 163 Å². The smallest absolute Gasteiger partial charge is 0.756 e. The molecule has 0 aliphatic carbocycles. The van der Waals surface area contributed by atoms with Gasteiger partial charge in [-0.15, -0.1) is 0 Å². The summed E-state index contributed by atoms with van der Waals surface area (Å²) in [6.45, 7) is 0. The van der Waals surface area contributed by atoms with E-state index in [0.29, 0.717) is 0 Å². The molecule has 6 N–H and O–H groups in total. The molecule has 0 aliphatic rings. The largest absolute Gasteiger partial charge is 1.00 e. The van der Waals surface area contributed by atoms with Gasteiger partial charge in [-0.05, 0) is 6.16 Å². The number of hydrogen-bond donors (Lipinski definition) is 6. The van der Waals surface area contributed by atoms with E-state index in [9.17, 15) is 0 Å². The summed E-state index contributed by atoms with van der Waals surface area (Å²) in [4.78, 5) is 60.6. The number of phosphoric acid groups is 1. The van der Waals surface area contributed by atoms with Crippen LogP contribution in [0.5, 0.6) is 0 Å². The van der Waals surface area contributed by atoms with Crippen LogP contribution in [0.15, 0.2) is 0 Å². The van der Waals surface area contributed by atoms with Crippen molar-refractivity contribution in [2.24, 2.45) is 0 Å². The molecule has 0 atom stereocenters. The van der Waals surface area contributed by atoms with E-state index >= 15 is 0 Å². The summed E-state index contributed by atoms with van der Waals surface area (Å²) in [6, 6.07) is 0. The van der Waals surface area contributed by atoms with Crippen molar-refractivity contribution in [3.05, 3.63) is 0 Å². The van der Waals surface area contributed by atoms with Crippen LogP contribution >= 0.6 is 7.82 Å². The molecular weight excluding hydrogens is 316 g/mol. The molecule has 0 aromatic carbocycles. The average molecular weight is 322 g/mol. The summed E-state index contributed by atoms with van der Waals surface area (Å²) in [5.41, 5.74) is 0. The molecule has 17 heavy (non-hydrogen) atoms. The molecule has 0 saturated heterocycles. The van der Waals surface area contributed by atoms with Crippen molar-refractivity contribution in [1.29, 1.82) is 0 Å². The second kappa shape index (κ2) is 18.4. The average Bonchev–Trinajstić information content (AvgIpc) is 1.45. The fourth-order valence-corrected chi connectivity index (χ4v) is 0. The third-order valence-corrected chi connectivity index (χ3v) is 0. The number of rotatable bonds is 0. The van der Waals surface area contributed by atoms with E-state index in [1.807, 2.05) is 0 Å². The van der Waals surface area contributed by atoms with Crippen molar-refractivity contribution in [1.82, 2.24) is 0 Å². The minimum atomic E-state index is -4.89. The fraction of sp³-hybridized carbons (Fsp3) is 0. The molecule has 0 heterocycles. The maximum atomic E-state index is 8.77.